The van der Waals surface area contributed by atoms with Crippen LogP contribution in [0.15, 0.2) is 48.8 Å². The molecule has 2 N–H and O–H groups in total. The highest BCUT2D eigenvalue weighted by atomic mass is 32.2. The highest BCUT2D eigenvalue weighted by Crippen LogP contribution is 2.43. The fourth-order valence-electron chi connectivity index (χ4n) is 4.40. The lowest BCUT2D eigenvalue weighted by molar-refractivity contribution is 0.381. The maximum atomic E-state index is 13.6. The van der Waals surface area contributed by atoms with Crippen molar-refractivity contribution in [2.75, 3.05) is 20.2 Å². The number of fused-ring (bicyclic) bond motifs is 2. The monoisotopic (exact) mass is 425 g/mol. The molecule has 8 heteroatoms. The second kappa shape index (κ2) is 7.07. The number of aromatic amines is 1. The Morgan fingerprint density at radius 1 is 1.13 bits per heavy atom. The number of methoxy groups -OCH3 is 1. The van der Waals surface area contributed by atoms with Crippen molar-refractivity contribution in [3.8, 4) is 11.5 Å². The van der Waals surface area contributed by atoms with E-state index in [0.29, 0.717) is 24.4 Å². The van der Waals surface area contributed by atoms with Crippen molar-refractivity contribution < 1.29 is 18.3 Å². The second-order valence-corrected chi connectivity index (χ2v) is 9.43. The van der Waals surface area contributed by atoms with E-state index >= 15 is 0 Å². The normalized spacial score (nSPS) is 19.4. The molecule has 30 heavy (non-hydrogen) atoms. The molecule has 1 aromatic heterocycles. The van der Waals surface area contributed by atoms with Gasteiger partial charge in [-0.1, -0.05) is 18.2 Å². The summed E-state index contributed by atoms with van der Waals surface area (Å²) in [6.45, 7) is 1.05. The Kier molecular flexibility index (Phi) is 4.48. The number of nitrogens with one attached hydrogen (secondary N) is 1. The summed E-state index contributed by atoms with van der Waals surface area (Å²) in [4.78, 5) is 3.11. The van der Waals surface area contributed by atoms with Gasteiger partial charge >= 0.3 is 10.2 Å². The first-order valence-corrected chi connectivity index (χ1v) is 11.3. The van der Waals surface area contributed by atoms with Crippen LogP contribution in [-0.2, 0) is 10.2 Å². The minimum absolute atomic E-state index is 0.130. The molecule has 1 atom stereocenters. The van der Waals surface area contributed by atoms with Gasteiger partial charge in [0, 0.05) is 36.4 Å². The molecule has 156 valence electrons. The van der Waals surface area contributed by atoms with Crippen LogP contribution >= 0.6 is 0 Å². The molecule has 2 aliphatic rings. The summed E-state index contributed by atoms with van der Waals surface area (Å²) in [7, 11) is -2.12. The zero-order valence-corrected chi connectivity index (χ0v) is 17.4. The predicted molar refractivity (Wildman–Crippen MR) is 115 cm³/mol. The molecule has 2 aromatic carbocycles. The Bertz CT molecular complexity index is 1240. The standard InChI is InChI=1S/C22H23N3O4S/c1-29-16-8-7-15-9-12-25(30(27,28)24-10-2-3-11-24)22(18(15)13-16)19-14-23-21-17(19)5-4-6-20(21)26/h4-9,12-14,22-23,26H,2-3,10-11H2,1H3. The molecule has 0 amide bonds. The van der Waals surface area contributed by atoms with Gasteiger partial charge in [-0.25, -0.2) is 0 Å². The minimum Gasteiger partial charge on any atom is -0.506 e. The Morgan fingerprint density at radius 2 is 1.93 bits per heavy atom. The van der Waals surface area contributed by atoms with Crippen LogP contribution in [0, 0.1) is 0 Å². The zero-order valence-electron chi connectivity index (χ0n) is 16.6. The molecule has 1 fully saturated rings. The van der Waals surface area contributed by atoms with E-state index in [4.69, 9.17) is 4.74 Å². The second-order valence-electron chi connectivity index (χ2n) is 7.60. The third kappa shape index (κ3) is 2.86. The quantitative estimate of drug-likeness (QED) is 0.669. The number of ether oxygens (including phenoxy) is 1. The van der Waals surface area contributed by atoms with Crippen LogP contribution in [0.3, 0.4) is 0 Å². The first-order chi connectivity index (χ1) is 14.5. The summed E-state index contributed by atoms with van der Waals surface area (Å²) in [5, 5.41) is 11.0. The fraction of sp³-hybridized carbons (Fsp3) is 0.273. The maximum absolute atomic E-state index is 13.6. The van der Waals surface area contributed by atoms with Crippen molar-refractivity contribution in [2.24, 2.45) is 0 Å². The number of nitrogens with zero attached hydrogens (tertiary/aromatic N) is 2. The van der Waals surface area contributed by atoms with E-state index in [1.165, 1.54) is 4.31 Å². The topological polar surface area (TPSA) is 85.9 Å². The molecular formula is C22H23N3O4S. The van der Waals surface area contributed by atoms with Gasteiger partial charge in [0.1, 0.15) is 11.5 Å². The number of hydrogen-bond acceptors (Lipinski definition) is 4. The van der Waals surface area contributed by atoms with Crippen LogP contribution in [0.25, 0.3) is 17.0 Å². The van der Waals surface area contributed by atoms with Crippen molar-refractivity contribution in [1.29, 1.82) is 0 Å². The molecule has 0 spiro atoms. The first-order valence-electron chi connectivity index (χ1n) is 9.94. The summed E-state index contributed by atoms with van der Waals surface area (Å²) in [5.41, 5.74) is 3.14. The lowest BCUT2D eigenvalue weighted by Gasteiger charge is -2.36. The van der Waals surface area contributed by atoms with Gasteiger partial charge in [-0.2, -0.15) is 12.7 Å². The molecule has 3 aromatic rings. The predicted octanol–water partition coefficient (Wildman–Crippen LogP) is 3.60. The summed E-state index contributed by atoms with van der Waals surface area (Å²) in [6.07, 6.45) is 6.99. The van der Waals surface area contributed by atoms with Crippen molar-refractivity contribution in [1.82, 2.24) is 13.6 Å². The molecule has 0 saturated carbocycles. The van der Waals surface area contributed by atoms with Gasteiger partial charge in [-0.15, -0.1) is 0 Å². The Labute approximate surface area is 175 Å². The van der Waals surface area contributed by atoms with Gasteiger partial charge in [0.05, 0.1) is 18.7 Å². The largest absolute Gasteiger partial charge is 0.506 e. The zero-order chi connectivity index (χ0) is 20.9. The first kappa shape index (κ1) is 19.0. The van der Waals surface area contributed by atoms with Gasteiger partial charge in [0.25, 0.3) is 0 Å². The third-order valence-electron chi connectivity index (χ3n) is 5.92. The molecule has 7 nitrogen and oxygen atoms in total. The van der Waals surface area contributed by atoms with E-state index in [2.05, 4.69) is 4.98 Å². The molecule has 1 saturated heterocycles. The van der Waals surface area contributed by atoms with E-state index in [1.54, 1.807) is 35.9 Å². The number of benzene rings is 2. The smallest absolute Gasteiger partial charge is 0.304 e. The van der Waals surface area contributed by atoms with Crippen LogP contribution < -0.4 is 4.74 Å². The van der Waals surface area contributed by atoms with Gasteiger partial charge < -0.3 is 14.8 Å². The molecule has 2 aliphatic heterocycles. The van der Waals surface area contributed by atoms with Crippen LogP contribution in [0.1, 0.15) is 35.6 Å². The number of rotatable bonds is 4. The number of aromatic hydroxyl groups is 1. The Hall–Kier alpha value is -2.97. The highest BCUT2D eigenvalue weighted by Gasteiger charge is 2.39. The van der Waals surface area contributed by atoms with Gasteiger partial charge in [0.2, 0.25) is 0 Å². The lowest BCUT2D eigenvalue weighted by atomic mass is 9.92. The molecule has 1 unspecified atom stereocenters. The fourth-order valence-corrected chi connectivity index (χ4v) is 6.09. The minimum atomic E-state index is -3.72. The van der Waals surface area contributed by atoms with Crippen molar-refractivity contribution in [3.05, 3.63) is 65.5 Å². The van der Waals surface area contributed by atoms with Crippen molar-refractivity contribution in [2.45, 2.75) is 18.9 Å². The van der Waals surface area contributed by atoms with Crippen LogP contribution in [0.2, 0.25) is 0 Å². The SMILES string of the molecule is COc1ccc2c(c1)C(c1c[nH]c3c(O)cccc13)N(S(=O)(=O)N1CCCC1)C=C2. The third-order valence-corrected chi connectivity index (χ3v) is 7.80. The van der Waals surface area contributed by atoms with E-state index in [0.717, 1.165) is 34.9 Å². The average Bonchev–Trinajstić information content (AvgIpc) is 3.44. The summed E-state index contributed by atoms with van der Waals surface area (Å²) < 4.78 is 35.5. The van der Waals surface area contributed by atoms with E-state index in [-0.39, 0.29) is 5.75 Å². The maximum Gasteiger partial charge on any atom is 0.304 e. The van der Waals surface area contributed by atoms with E-state index in [9.17, 15) is 13.5 Å². The highest BCUT2D eigenvalue weighted by molar-refractivity contribution is 7.86. The molecule has 5 rings (SSSR count). The summed E-state index contributed by atoms with van der Waals surface area (Å²) in [6, 6.07) is 10.4. The van der Waals surface area contributed by atoms with Gasteiger partial charge in [0.15, 0.2) is 0 Å². The summed E-state index contributed by atoms with van der Waals surface area (Å²) in [5.74, 6) is 0.792. The molecular weight excluding hydrogens is 402 g/mol. The van der Waals surface area contributed by atoms with Crippen molar-refractivity contribution >= 4 is 27.2 Å². The van der Waals surface area contributed by atoms with Crippen LogP contribution in [0.4, 0.5) is 0 Å². The number of para-hydroxylation sites is 1. The Balaban J connectivity index is 1.73. The van der Waals surface area contributed by atoms with Crippen molar-refractivity contribution in [3.63, 3.8) is 0 Å². The number of phenolic OH excluding ortho intramolecular Hbond substituents is 1. The summed E-state index contributed by atoms with van der Waals surface area (Å²) >= 11 is 0. The number of phenols is 1. The van der Waals surface area contributed by atoms with Crippen LogP contribution in [-0.4, -0.2) is 47.3 Å². The van der Waals surface area contributed by atoms with Gasteiger partial charge in [-0.05, 0) is 48.2 Å². The lowest BCUT2D eigenvalue weighted by Crippen LogP contribution is -2.42. The van der Waals surface area contributed by atoms with E-state index in [1.807, 2.05) is 30.3 Å². The number of H-pyrrole nitrogens is 1. The number of hydrogen-bond donors (Lipinski definition) is 2. The molecule has 3 heterocycles. The van der Waals surface area contributed by atoms with Crippen LogP contribution in [0.5, 0.6) is 11.5 Å². The molecule has 0 aliphatic carbocycles. The number of aromatic nitrogens is 1. The average molecular weight is 426 g/mol. The van der Waals surface area contributed by atoms with Gasteiger partial charge in [-0.3, -0.25) is 4.31 Å². The Morgan fingerprint density at radius 3 is 2.70 bits per heavy atom. The molecule has 0 radical (unpaired) electrons. The molecule has 0 bridgehead atoms. The van der Waals surface area contributed by atoms with E-state index < -0.39 is 16.3 Å².